The van der Waals surface area contributed by atoms with Crippen LogP contribution in [0, 0.1) is 17.3 Å². The van der Waals surface area contributed by atoms with E-state index in [4.69, 9.17) is 0 Å². The number of nitrogens with one attached hydrogen (secondary N) is 1. The van der Waals surface area contributed by atoms with E-state index in [0.717, 1.165) is 36.9 Å². The molecular weight excluding hydrogens is 368 g/mol. The van der Waals surface area contributed by atoms with Crippen molar-refractivity contribution < 1.29 is 0 Å². The molecule has 0 spiro atoms. The first-order chi connectivity index (χ1) is 14.6. The van der Waals surface area contributed by atoms with Crippen molar-refractivity contribution >= 4 is 0 Å². The summed E-state index contributed by atoms with van der Waals surface area (Å²) in [4.78, 5) is 2.82. The Kier molecular flexibility index (Phi) is 11.4. The average molecular weight is 415 g/mol. The lowest BCUT2D eigenvalue weighted by atomic mass is 9.76. The summed E-state index contributed by atoms with van der Waals surface area (Å²) in [6, 6.07) is 0. The minimum absolute atomic E-state index is 0.123. The molecule has 0 bridgehead atoms. The number of rotatable bonds is 16. The van der Waals surface area contributed by atoms with E-state index in [-0.39, 0.29) is 5.41 Å². The minimum Gasteiger partial charge on any atom is -0.302 e. The van der Waals surface area contributed by atoms with E-state index in [1.54, 1.807) is 0 Å². The zero-order valence-corrected chi connectivity index (χ0v) is 20.1. The van der Waals surface area contributed by atoms with E-state index >= 15 is 0 Å². The zero-order valence-electron chi connectivity index (χ0n) is 20.1. The number of aromatic nitrogens is 3. The highest BCUT2D eigenvalue weighted by Gasteiger charge is 2.32. The number of hydrogen-bond donors (Lipinski definition) is 1. The Bertz CT molecular complexity index is 589. The molecule has 2 rings (SSSR count). The number of unbranched alkanes of at least 4 members (excludes halogenated alkanes) is 2. The van der Waals surface area contributed by atoms with E-state index in [1.165, 1.54) is 64.5 Å². The summed E-state index contributed by atoms with van der Waals surface area (Å²) in [5.74, 6) is 1.61. The molecule has 1 heterocycles. The fraction of sp³-hybridized carbons (Fsp3) is 0.769. The Hall–Kier alpha value is -1.42. The fourth-order valence-electron chi connectivity index (χ4n) is 4.90. The van der Waals surface area contributed by atoms with Crippen molar-refractivity contribution in [1.29, 1.82) is 0 Å². The quantitative estimate of drug-likeness (QED) is 0.332. The van der Waals surface area contributed by atoms with E-state index in [2.05, 4.69) is 72.3 Å². The van der Waals surface area contributed by atoms with E-state index in [0.29, 0.717) is 0 Å². The third-order valence-electron chi connectivity index (χ3n) is 6.88. The van der Waals surface area contributed by atoms with Gasteiger partial charge in [0, 0.05) is 31.5 Å². The molecule has 30 heavy (non-hydrogen) atoms. The number of allylic oxidation sites excluding steroid dienone is 3. The van der Waals surface area contributed by atoms with Crippen LogP contribution >= 0.6 is 0 Å². The molecule has 1 aromatic heterocycles. The van der Waals surface area contributed by atoms with E-state index in [9.17, 15) is 0 Å². The number of nitrogens with zero attached hydrogens (tertiary/aromatic N) is 3. The maximum absolute atomic E-state index is 4.39. The van der Waals surface area contributed by atoms with Crippen molar-refractivity contribution in [3.05, 3.63) is 36.2 Å². The molecule has 0 aromatic carbocycles. The van der Waals surface area contributed by atoms with Crippen LogP contribution < -0.4 is 0 Å². The lowest BCUT2D eigenvalue weighted by molar-refractivity contribution is 0.130. The zero-order chi connectivity index (χ0) is 21.7. The molecule has 4 nitrogen and oxygen atoms in total. The molecule has 1 aliphatic carbocycles. The van der Waals surface area contributed by atoms with E-state index < -0.39 is 0 Å². The predicted octanol–water partition coefficient (Wildman–Crippen LogP) is 6.58. The van der Waals surface area contributed by atoms with Gasteiger partial charge in [-0.05, 0) is 31.1 Å². The summed E-state index contributed by atoms with van der Waals surface area (Å²) in [5.41, 5.74) is 1.20. The van der Waals surface area contributed by atoms with Crippen molar-refractivity contribution in [2.75, 3.05) is 19.6 Å². The average Bonchev–Trinajstić information content (AvgIpc) is 3.27. The molecule has 3 unspecified atom stereocenters. The van der Waals surface area contributed by atoms with Gasteiger partial charge in [0.15, 0.2) is 0 Å². The molecule has 1 aliphatic rings. The Morgan fingerprint density at radius 2 is 1.67 bits per heavy atom. The smallest absolute Gasteiger partial charge is 0.0833 e. The third kappa shape index (κ3) is 8.37. The molecular formula is C26H46N4. The van der Waals surface area contributed by atoms with Gasteiger partial charge >= 0.3 is 0 Å². The molecule has 0 saturated carbocycles. The lowest BCUT2D eigenvalue weighted by Gasteiger charge is -2.39. The Balaban J connectivity index is 2.16. The van der Waals surface area contributed by atoms with Gasteiger partial charge in [-0.25, -0.2) is 0 Å². The molecule has 0 aliphatic heterocycles. The van der Waals surface area contributed by atoms with Gasteiger partial charge in [-0.15, -0.1) is 0 Å². The van der Waals surface area contributed by atoms with Crippen LogP contribution in [0.1, 0.15) is 91.2 Å². The van der Waals surface area contributed by atoms with Gasteiger partial charge in [0.25, 0.3) is 0 Å². The molecule has 0 saturated heterocycles. The first-order valence-corrected chi connectivity index (χ1v) is 12.6. The maximum Gasteiger partial charge on any atom is 0.0833 e. The Labute approximate surface area is 185 Å². The molecule has 0 fully saturated rings. The highest BCUT2D eigenvalue weighted by molar-refractivity contribution is 5.20. The minimum atomic E-state index is 0.123. The molecule has 1 N–H and O–H groups in total. The number of hydrogen-bond acceptors (Lipinski definition) is 3. The van der Waals surface area contributed by atoms with Gasteiger partial charge in [0.05, 0.1) is 11.9 Å². The number of H-pyrrole nitrogens is 1. The van der Waals surface area contributed by atoms with Gasteiger partial charge in [0.1, 0.15) is 0 Å². The monoisotopic (exact) mass is 414 g/mol. The molecule has 0 radical (unpaired) electrons. The Morgan fingerprint density at radius 1 is 1.00 bits per heavy atom. The van der Waals surface area contributed by atoms with Gasteiger partial charge in [0.2, 0.25) is 0 Å². The highest BCUT2D eigenvalue weighted by atomic mass is 15.3. The van der Waals surface area contributed by atoms with Gasteiger partial charge in [-0.2, -0.15) is 15.4 Å². The first-order valence-electron chi connectivity index (χ1n) is 12.6. The second-order valence-electron chi connectivity index (χ2n) is 9.52. The predicted molar refractivity (Wildman–Crippen MR) is 128 cm³/mol. The molecule has 4 heteroatoms. The van der Waals surface area contributed by atoms with Crippen LogP contribution in [0.2, 0.25) is 0 Å². The second kappa shape index (κ2) is 13.8. The second-order valence-corrected chi connectivity index (χ2v) is 9.52. The first kappa shape index (κ1) is 24.8. The Morgan fingerprint density at radius 3 is 2.13 bits per heavy atom. The van der Waals surface area contributed by atoms with Crippen LogP contribution in [0.5, 0.6) is 0 Å². The van der Waals surface area contributed by atoms with Crippen LogP contribution in [0.3, 0.4) is 0 Å². The summed E-state index contributed by atoms with van der Waals surface area (Å²) >= 11 is 0. The lowest BCUT2D eigenvalue weighted by Crippen LogP contribution is -2.43. The molecule has 1 aromatic rings. The normalized spacial score (nSPS) is 20.7. The standard InChI is InChI=1S/C26H46N4/c1-5-9-14-23(7-3)20-30(21-24(8-4)15-10-6-2)22-26(16-12-11-13-17-26)18-25-19-27-29-28-25/h11-13,16,19,23-24H,5-10,14-15,17-18,20-22H2,1-4H3,(H,27,28,29). The van der Waals surface area contributed by atoms with Crippen molar-refractivity contribution in [1.82, 2.24) is 20.3 Å². The van der Waals surface area contributed by atoms with Crippen LogP contribution in [0.4, 0.5) is 0 Å². The van der Waals surface area contributed by atoms with Gasteiger partial charge < -0.3 is 4.90 Å². The summed E-state index contributed by atoms with van der Waals surface area (Å²) in [5, 5.41) is 11.2. The number of aromatic amines is 1. The van der Waals surface area contributed by atoms with E-state index in [1.807, 2.05) is 6.20 Å². The summed E-state index contributed by atoms with van der Waals surface area (Å²) in [7, 11) is 0. The molecule has 3 atom stereocenters. The van der Waals surface area contributed by atoms with Gasteiger partial charge in [-0.1, -0.05) is 90.5 Å². The fourth-order valence-corrected chi connectivity index (χ4v) is 4.90. The highest BCUT2D eigenvalue weighted by Crippen LogP contribution is 2.34. The van der Waals surface area contributed by atoms with Crippen molar-refractivity contribution in [2.24, 2.45) is 17.3 Å². The topological polar surface area (TPSA) is 44.8 Å². The molecule has 170 valence electrons. The van der Waals surface area contributed by atoms with Gasteiger partial charge in [-0.3, -0.25) is 0 Å². The maximum atomic E-state index is 4.39. The van der Waals surface area contributed by atoms with Crippen molar-refractivity contribution in [2.45, 2.75) is 91.9 Å². The van der Waals surface area contributed by atoms with Crippen LogP contribution in [0.15, 0.2) is 30.5 Å². The third-order valence-corrected chi connectivity index (χ3v) is 6.88. The van der Waals surface area contributed by atoms with Crippen molar-refractivity contribution in [3.63, 3.8) is 0 Å². The van der Waals surface area contributed by atoms with Crippen LogP contribution in [0.25, 0.3) is 0 Å². The van der Waals surface area contributed by atoms with Crippen LogP contribution in [-0.2, 0) is 6.42 Å². The van der Waals surface area contributed by atoms with Crippen molar-refractivity contribution in [3.8, 4) is 0 Å². The summed E-state index contributed by atoms with van der Waals surface area (Å²) in [6.07, 6.45) is 23.7. The SMILES string of the molecule is CCCCC(CC)CN(CC(CC)CCCC)CC1(Cc2cn[nH]n2)C=CC=CC1. The summed E-state index contributed by atoms with van der Waals surface area (Å²) in [6.45, 7) is 13.0. The summed E-state index contributed by atoms with van der Waals surface area (Å²) < 4.78 is 0. The molecule has 0 amide bonds. The largest absolute Gasteiger partial charge is 0.302 e. The van der Waals surface area contributed by atoms with Crippen LogP contribution in [-0.4, -0.2) is 39.9 Å².